The molecule has 7 heteroatoms. The Labute approximate surface area is 249 Å². The Bertz CT molecular complexity index is 1340. The van der Waals surface area contributed by atoms with Gasteiger partial charge in [-0.3, -0.25) is 4.90 Å². The molecule has 0 radical (unpaired) electrons. The van der Waals surface area contributed by atoms with Crippen LogP contribution < -0.4 is 0 Å². The zero-order chi connectivity index (χ0) is 30.0. The molecule has 214 valence electrons. The first-order valence-electron chi connectivity index (χ1n) is 14.0. The van der Waals surface area contributed by atoms with Crippen LogP contribution in [-0.2, 0) is 9.47 Å². The average Bonchev–Trinajstić information content (AvgIpc) is 3.46. The summed E-state index contributed by atoms with van der Waals surface area (Å²) in [4.78, 5) is 4.82. The van der Waals surface area contributed by atoms with Gasteiger partial charge < -0.3 is 9.47 Å². The van der Waals surface area contributed by atoms with Crippen LogP contribution in [0.15, 0.2) is 82.4 Å². The lowest BCUT2D eigenvalue weighted by Crippen LogP contribution is -2.36. The average molecular weight is 569 g/mol. The van der Waals surface area contributed by atoms with Crippen LogP contribution in [-0.4, -0.2) is 38.3 Å². The van der Waals surface area contributed by atoms with E-state index in [4.69, 9.17) is 20.0 Å². The van der Waals surface area contributed by atoms with Crippen molar-refractivity contribution in [3.05, 3.63) is 92.2 Å². The molecular formula is C34H40N4O2S. The molecule has 0 aromatic carbocycles. The predicted octanol–water partition coefficient (Wildman–Crippen LogP) is 8.25. The van der Waals surface area contributed by atoms with Crippen molar-refractivity contribution in [2.45, 2.75) is 58.9 Å². The largest absolute Gasteiger partial charge is 0.496 e. The number of methoxy groups -OCH3 is 2. The monoisotopic (exact) mass is 568 g/mol. The predicted molar refractivity (Wildman–Crippen MR) is 168 cm³/mol. The molecule has 0 fully saturated rings. The lowest BCUT2D eigenvalue weighted by atomic mass is 9.98. The third-order valence-corrected chi connectivity index (χ3v) is 7.69. The van der Waals surface area contributed by atoms with Crippen LogP contribution in [0.1, 0.15) is 62.6 Å². The number of allylic oxidation sites excluding steroid dienone is 7. The maximum atomic E-state index is 9.54. The highest BCUT2D eigenvalue weighted by atomic mass is 32.1. The molecule has 0 spiro atoms. The number of nitriles is 3. The zero-order valence-electron chi connectivity index (χ0n) is 24.8. The molecule has 1 unspecified atom stereocenters. The van der Waals surface area contributed by atoms with Crippen LogP contribution >= 0.6 is 11.3 Å². The van der Waals surface area contributed by atoms with Crippen LogP contribution in [0.5, 0.6) is 0 Å². The minimum atomic E-state index is -0.232. The Morgan fingerprint density at radius 3 is 2.20 bits per heavy atom. The summed E-state index contributed by atoms with van der Waals surface area (Å²) in [7, 11) is 3.08. The molecule has 1 aliphatic rings. The second-order valence-corrected chi connectivity index (χ2v) is 10.7. The number of rotatable bonds is 15. The minimum absolute atomic E-state index is 0.0151. The molecule has 1 aliphatic carbocycles. The molecule has 0 bridgehead atoms. The Hall–Kier alpha value is -4.09. The Kier molecular flexibility index (Phi) is 14.8. The van der Waals surface area contributed by atoms with Gasteiger partial charge in [-0.15, -0.1) is 11.3 Å². The molecule has 41 heavy (non-hydrogen) atoms. The Balaban J connectivity index is 2.10. The summed E-state index contributed by atoms with van der Waals surface area (Å²) in [6, 6.07) is 10.1. The smallest absolute Gasteiger partial charge is 0.172 e. The first-order chi connectivity index (χ1) is 20.0. The summed E-state index contributed by atoms with van der Waals surface area (Å²) >= 11 is 1.67. The number of hydrogen-bond donors (Lipinski definition) is 0. The van der Waals surface area contributed by atoms with E-state index in [0.29, 0.717) is 11.6 Å². The van der Waals surface area contributed by atoms with Gasteiger partial charge in [-0.05, 0) is 75.2 Å². The van der Waals surface area contributed by atoms with Gasteiger partial charge in [0.1, 0.15) is 24.0 Å². The van der Waals surface area contributed by atoms with Crippen molar-refractivity contribution in [2.75, 3.05) is 27.3 Å². The van der Waals surface area contributed by atoms with Gasteiger partial charge in [-0.2, -0.15) is 15.8 Å². The van der Waals surface area contributed by atoms with E-state index in [1.54, 1.807) is 43.6 Å². The lowest BCUT2D eigenvalue weighted by Gasteiger charge is -2.31. The second-order valence-electron chi connectivity index (χ2n) is 9.53. The highest BCUT2D eigenvalue weighted by Gasteiger charge is 2.20. The summed E-state index contributed by atoms with van der Waals surface area (Å²) in [6.07, 6.45) is 22.1. The van der Waals surface area contributed by atoms with Gasteiger partial charge in [0.25, 0.3) is 0 Å². The van der Waals surface area contributed by atoms with E-state index < -0.39 is 0 Å². The molecule has 2 rings (SSSR count). The summed E-state index contributed by atoms with van der Waals surface area (Å²) in [5.41, 5.74) is 1.63. The van der Waals surface area contributed by atoms with Gasteiger partial charge in [0, 0.05) is 21.4 Å². The van der Waals surface area contributed by atoms with Crippen molar-refractivity contribution in [3.8, 4) is 18.2 Å². The number of unbranched alkanes of at least 4 members (excludes halogenated alkanes) is 2. The van der Waals surface area contributed by atoms with Crippen LogP contribution in [0.3, 0.4) is 0 Å². The summed E-state index contributed by atoms with van der Waals surface area (Å²) in [5.74, 6) is 0.916. The van der Waals surface area contributed by atoms with Crippen LogP contribution in [0, 0.1) is 34.0 Å². The molecule has 1 atom stereocenters. The van der Waals surface area contributed by atoms with Crippen molar-refractivity contribution in [3.63, 3.8) is 0 Å². The lowest BCUT2D eigenvalue weighted by molar-refractivity contribution is 0.211. The van der Waals surface area contributed by atoms with Crippen molar-refractivity contribution in [1.29, 1.82) is 15.8 Å². The van der Waals surface area contributed by atoms with Crippen LogP contribution in [0.25, 0.3) is 12.2 Å². The molecule has 6 nitrogen and oxygen atoms in total. The normalized spacial score (nSPS) is 15.7. The van der Waals surface area contributed by atoms with Gasteiger partial charge in [-0.25, -0.2) is 0 Å². The van der Waals surface area contributed by atoms with Gasteiger partial charge in [0.05, 0.1) is 19.8 Å². The van der Waals surface area contributed by atoms with Crippen LogP contribution in [0.2, 0.25) is 0 Å². The number of nitrogens with zero attached hydrogens (tertiary/aromatic N) is 4. The fourth-order valence-corrected chi connectivity index (χ4v) is 5.20. The molecule has 1 heterocycles. The maximum Gasteiger partial charge on any atom is 0.172 e. The first kappa shape index (κ1) is 33.1. The third-order valence-electron chi connectivity index (χ3n) is 6.67. The SMILES string of the molecule is CCCCN(CCCC)C1C=C(OC)C(/C=C/c2ccc(/C=C/C=C/C(C)=C(\C#N)C(OC)=C(C#N)C#N)s2)=CC1. The van der Waals surface area contributed by atoms with Gasteiger partial charge in [-0.1, -0.05) is 57.1 Å². The molecule has 0 aliphatic heterocycles. The molecule has 0 saturated carbocycles. The standard InChI is InChI=1S/C34H40N4O2S/c1-6-8-20-38(21-9-7-2)29-16-14-27(33(22-29)39-4)15-17-31-19-18-30(41-31)13-11-10-12-26(3)32(25-37)34(40-5)28(23-35)24-36/h10-15,17-19,22,29H,6-9,16,20-21H2,1-5H3/b12-10+,13-11+,17-15+,32-26+. The molecule has 0 saturated heterocycles. The summed E-state index contributed by atoms with van der Waals surface area (Å²) in [5, 5.41) is 27.8. The highest BCUT2D eigenvalue weighted by Crippen LogP contribution is 2.27. The van der Waals surface area contributed by atoms with Gasteiger partial charge in [0.15, 0.2) is 11.3 Å². The third kappa shape index (κ3) is 10.1. The second kappa shape index (κ2) is 18.3. The highest BCUT2D eigenvalue weighted by molar-refractivity contribution is 7.13. The van der Waals surface area contributed by atoms with Crippen molar-refractivity contribution < 1.29 is 9.47 Å². The zero-order valence-corrected chi connectivity index (χ0v) is 25.6. The first-order valence-corrected chi connectivity index (χ1v) is 14.8. The Morgan fingerprint density at radius 2 is 1.63 bits per heavy atom. The van der Waals surface area contributed by atoms with Gasteiger partial charge in [0.2, 0.25) is 0 Å². The fourth-order valence-electron chi connectivity index (χ4n) is 4.37. The van der Waals surface area contributed by atoms with Crippen molar-refractivity contribution in [1.82, 2.24) is 4.90 Å². The topological polar surface area (TPSA) is 93.1 Å². The number of hydrogen-bond acceptors (Lipinski definition) is 7. The summed E-state index contributed by atoms with van der Waals surface area (Å²) < 4.78 is 10.9. The van der Waals surface area contributed by atoms with E-state index in [2.05, 4.69) is 55.2 Å². The van der Waals surface area contributed by atoms with E-state index in [1.165, 1.54) is 32.8 Å². The number of thiophene rings is 1. The minimum Gasteiger partial charge on any atom is -0.496 e. The van der Waals surface area contributed by atoms with E-state index >= 15 is 0 Å². The van der Waals surface area contributed by atoms with Crippen LogP contribution in [0.4, 0.5) is 0 Å². The maximum absolute atomic E-state index is 9.54. The van der Waals surface area contributed by atoms with Crippen molar-refractivity contribution >= 4 is 23.5 Å². The van der Waals surface area contributed by atoms with Gasteiger partial charge >= 0.3 is 0 Å². The molecule has 0 amide bonds. The molecule has 1 aromatic rings. The van der Waals surface area contributed by atoms with E-state index in [0.717, 1.165) is 40.6 Å². The Morgan fingerprint density at radius 1 is 0.976 bits per heavy atom. The molecule has 0 N–H and O–H groups in total. The van der Waals surface area contributed by atoms with E-state index in [-0.39, 0.29) is 16.9 Å². The molecular weight excluding hydrogens is 528 g/mol. The van der Waals surface area contributed by atoms with E-state index in [9.17, 15) is 5.26 Å². The molecule has 1 aromatic heterocycles. The quantitative estimate of drug-likeness (QED) is 0.120. The fraction of sp³-hybridized carbons (Fsp3) is 0.382. The van der Waals surface area contributed by atoms with E-state index in [1.807, 2.05) is 24.3 Å². The van der Waals surface area contributed by atoms with Crippen molar-refractivity contribution in [2.24, 2.45) is 0 Å². The summed E-state index contributed by atoms with van der Waals surface area (Å²) in [6.45, 7) is 8.47. The number of ether oxygens (including phenoxy) is 2.